The lowest BCUT2D eigenvalue weighted by Crippen LogP contribution is -2.40. The van der Waals surface area contributed by atoms with Crippen LogP contribution in [0.4, 0.5) is 5.95 Å². The SMILES string of the molecule is C[C@H]1C[C@H](C)CN(c2ncc3c(n2)C[C@H](c2ccccc2)CC3=O)C1. The summed E-state index contributed by atoms with van der Waals surface area (Å²) in [5.41, 5.74) is 2.86. The van der Waals surface area contributed by atoms with Crippen molar-refractivity contribution in [3.8, 4) is 0 Å². The number of anilines is 1. The van der Waals surface area contributed by atoms with E-state index in [9.17, 15) is 4.79 Å². The fourth-order valence-electron chi connectivity index (χ4n) is 4.37. The predicted molar refractivity (Wildman–Crippen MR) is 99.0 cm³/mol. The predicted octanol–water partition coefficient (Wildman–Crippen LogP) is 3.87. The Morgan fingerprint density at radius 2 is 1.76 bits per heavy atom. The molecule has 130 valence electrons. The van der Waals surface area contributed by atoms with Gasteiger partial charge in [-0.2, -0.15) is 0 Å². The molecule has 0 bridgehead atoms. The highest BCUT2D eigenvalue weighted by molar-refractivity contribution is 5.98. The van der Waals surface area contributed by atoms with Crippen LogP contribution in [0.25, 0.3) is 0 Å². The molecule has 3 atom stereocenters. The highest BCUT2D eigenvalue weighted by Gasteiger charge is 2.30. The number of carbonyl (C=O) groups excluding carboxylic acids is 1. The van der Waals surface area contributed by atoms with Crippen LogP contribution in [0, 0.1) is 11.8 Å². The van der Waals surface area contributed by atoms with Gasteiger partial charge >= 0.3 is 0 Å². The van der Waals surface area contributed by atoms with Gasteiger partial charge in [-0.1, -0.05) is 44.2 Å². The average Bonchev–Trinajstić information content (AvgIpc) is 2.61. The monoisotopic (exact) mass is 335 g/mol. The van der Waals surface area contributed by atoms with Crippen LogP contribution in [0.2, 0.25) is 0 Å². The minimum absolute atomic E-state index is 0.169. The van der Waals surface area contributed by atoms with E-state index in [1.165, 1.54) is 12.0 Å². The van der Waals surface area contributed by atoms with Gasteiger partial charge in [-0.3, -0.25) is 4.79 Å². The Kier molecular flexibility index (Phi) is 4.28. The summed E-state index contributed by atoms with van der Waals surface area (Å²) in [7, 11) is 0. The van der Waals surface area contributed by atoms with Gasteiger partial charge in [-0.15, -0.1) is 0 Å². The third-order valence-electron chi connectivity index (χ3n) is 5.45. The van der Waals surface area contributed by atoms with E-state index in [2.05, 4.69) is 35.9 Å². The fourth-order valence-corrected chi connectivity index (χ4v) is 4.37. The number of benzene rings is 1. The molecule has 1 saturated heterocycles. The Bertz CT molecular complexity index is 764. The normalized spacial score (nSPS) is 26.4. The van der Waals surface area contributed by atoms with Crippen molar-refractivity contribution >= 4 is 11.7 Å². The van der Waals surface area contributed by atoms with Crippen LogP contribution in [0.15, 0.2) is 36.5 Å². The number of nitrogens with zero attached hydrogens (tertiary/aromatic N) is 3. The lowest BCUT2D eigenvalue weighted by atomic mass is 9.82. The highest BCUT2D eigenvalue weighted by Crippen LogP contribution is 2.33. The molecule has 0 amide bonds. The first-order valence-electron chi connectivity index (χ1n) is 9.29. The van der Waals surface area contributed by atoms with Gasteiger partial charge in [0, 0.05) is 25.7 Å². The molecule has 2 aliphatic rings. The molecule has 1 aliphatic heterocycles. The number of rotatable bonds is 2. The van der Waals surface area contributed by atoms with Gasteiger partial charge in [0.1, 0.15) is 0 Å². The number of hydrogen-bond acceptors (Lipinski definition) is 4. The Balaban J connectivity index is 1.62. The zero-order chi connectivity index (χ0) is 17.4. The zero-order valence-electron chi connectivity index (χ0n) is 15.0. The summed E-state index contributed by atoms with van der Waals surface area (Å²) in [6.07, 6.45) is 4.39. The number of carbonyl (C=O) groups is 1. The Labute approximate surface area is 149 Å². The standard InChI is InChI=1S/C21H25N3O/c1-14-8-15(2)13-24(12-14)21-22-11-18-19(23-21)9-17(10-20(18)25)16-6-4-3-5-7-16/h3-7,11,14-15,17H,8-10,12-13H2,1-2H3/t14-,15-,17-/m0/s1. The summed E-state index contributed by atoms with van der Waals surface area (Å²) in [6.45, 7) is 6.57. The van der Waals surface area contributed by atoms with Crippen LogP contribution in [0.3, 0.4) is 0 Å². The van der Waals surface area contributed by atoms with E-state index in [1.54, 1.807) is 6.20 Å². The Hall–Kier alpha value is -2.23. The first-order chi connectivity index (χ1) is 12.1. The van der Waals surface area contributed by atoms with Gasteiger partial charge in [0.15, 0.2) is 5.78 Å². The van der Waals surface area contributed by atoms with Crippen molar-refractivity contribution < 1.29 is 4.79 Å². The van der Waals surface area contributed by atoms with Gasteiger partial charge in [0.25, 0.3) is 0 Å². The second-order valence-electron chi connectivity index (χ2n) is 7.82. The van der Waals surface area contributed by atoms with Gasteiger partial charge in [0.05, 0.1) is 11.3 Å². The van der Waals surface area contributed by atoms with Crippen molar-refractivity contribution in [3.05, 3.63) is 53.3 Å². The average molecular weight is 335 g/mol. The second-order valence-corrected chi connectivity index (χ2v) is 7.82. The zero-order valence-corrected chi connectivity index (χ0v) is 15.0. The van der Waals surface area contributed by atoms with Crippen molar-refractivity contribution in [3.63, 3.8) is 0 Å². The number of hydrogen-bond donors (Lipinski definition) is 0. The summed E-state index contributed by atoms with van der Waals surface area (Å²) >= 11 is 0. The molecule has 0 unspecified atom stereocenters. The minimum Gasteiger partial charge on any atom is -0.340 e. The summed E-state index contributed by atoms with van der Waals surface area (Å²) in [5.74, 6) is 2.49. The van der Waals surface area contributed by atoms with Crippen LogP contribution < -0.4 is 4.90 Å². The van der Waals surface area contributed by atoms with Crippen LogP contribution in [-0.2, 0) is 6.42 Å². The van der Waals surface area contributed by atoms with E-state index < -0.39 is 0 Å². The molecule has 4 rings (SSSR count). The lowest BCUT2D eigenvalue weighted by Gasteiger charge is -2.35. The largest absolute Gasteiger partial charge is 0.340 e. The van der Waals surface area contributed by atoms with Gasteiger partial charge in [0.2, 0.25) is 5.95 Å². The molecule has 1 fully saturated rings. The molecule has 25 heavy (non-hydrogen) atoms. The Morgan fingerprint density at radius 1 is 1.04 bits per heavy atom. The topological polar surface area (TPSA) is 46.1 Å². The highest BCUT2D eigenvalue weighted by atomic mass is 16.1. The lowest BCUT2D eigenvalue weighted by molar-refractivity contribution is 0.0962. The first kappa shape index (κ1) is 16.2. The molecular formula is C21H25N3O. The summed E-state index contributed by atoms with van der Waals surface area (Å²) < 4.78 is 0. The maximum atomic E-state index is 12.6. The molecule has 1 aromatic heterocycles. The first-order valence-corrected chi connectivity index (χ1v) is 9.29. The molecular weight excluding hydrogens is 310 g/mol. The molecule has 2 aromatic rings. The van der Waals surface area contributed by atoms with Crippen molar-refractivity contribution in [1.82, 2.24) is 9.97 Å². The second kappa shape index (κ2) is 6.58. The van der Waals surface area contributed by atoms with E-state index in [-0.39, 0.29) is 11.7 Å². The molecule has 4 nitrogen and oxygen atoms in total. The summed E-state index contributed by atoms with van der Waals surface area (Å²) in [5, 5.41) is 0. The maximum absolute atomic E-state index is 12.6. The molecule has 1 aromatic carbocycles. The van der Waals surface area contributed by atoms with Crippen molar-refractivity contribution in [2.24, 2.45) is 11.8 Å². The maximum Gasteiger partial charge on any atom is 0.225 e. The van der Waals surface area contributed by atoms with E-state index in [1.807, 2.05) is 18.2 Å². The van der Waals surface area contributed by atoms with E-state index >= 15 is 0 Å². The fraction of sp³-hybridized carbons (Fsp3) is 0.476. The number of fused-ring (bicyclic) bond motifs is 1. The van der Waals surface area contributed by atoms with E-state index in [0.717, 1.165) is 31.2 Å². The van der Waals surface area contributed by atoms with Crippen LogP contribution in [0.1, 0.15) is 54.2 Å². The smallest absolute Gasteiger partial charge is 0.225 e. The summed E-state index contributed by atoms with van der Waals surface area (Å²) in [6, 6.07) is 10.3. The molecule has 0 radical (unpaired) electrons. The van der Waals surface area contributed by atoms with Gasteiger partial charge in [-0.05, 0) is 36.2 Å². The molecule has 0 spiro atoms. The van der Waals surface area contributed by atoms with Crippen molar-refractivity contribution in [1.29, 1.82) is 0 Å². The van der Waals surface area contributed by atoms with Gasteiger partial charge < -0.3 is 4.90 Å². The van der Waals surface area contributed by atoms with E-state index in [0.29, 0.717) is 23.8 Å². The minimum atomic E-state index is 0.169. The number of aromatic nitrogens is 2. The number of piperidine rings is 1. The molecule has 0 N–H and O–H groups in total. The molecule has 0 saturated carbocycles. The number of Topliss-reactive ketones (excluding diaryl/α,β-unsaturated/α-hetero) is 1. The molecule has 4 heteroatoms. The molecule has 2 heterocycles. The molecule has 1 aliphatic carbocycles. The van der Waals surface area contributed by atoms with E-state index in [4.69, 9.17) is 4.98 Å². The third kappa shape index (κ3) is 3.30. The van der Waals surface area contributed by atoms with Crippen LogP contribution in [0.5, 0.6) is 0 Å². The van der Waals surface area contributed by atoms with Crippen molar-refractivity contribution in [2.75, 3.05) is 18.0 Å². The quantitative estimate of drug-likeness (QED) is 0.836. The Morgan fingerprint density at radius 3 is 2.48 bits per heavy atom. The van der Waals surface area contributed by atoms with Crippen LogP contribution in [-0.4, -0.2) is 28.8 Å². The third-order valence-corrected chi connectivity index (χ3v) is 5.45. The van der Waals surface area contributed by atoms with Crippen LogP contribution >= 0.6 is 0 Å². The van der Waals surface area contributed by atoms with Gasteiger partial charge in [-0.25, -0.2) is 9.97 Å². The van der Waals surface area contributed by atoms with Crippen molar-refractivity contribution in [2.45, 2.75) is 39.0 Å². The number of ketones is 1. The summed E-state index contributed by atoms with van der Waals surface area (Å²) in [4.78, 5) is 24.2.